The molecule has 0 aliphatic rings. The molecule has 7 nitrogen and oxygen atoms in total. The Labute approximate surface area is 169 Å². The van der Waals surface area contributed by atoms with Gasteiger partial charge in [-0.05, 0) is 51.5 Å². The SMILES string of the molecule is COc1cc(-n2cccn2)ccc1-c1nc2c(C)cn([C@H](C)[C@H](C)O)c2nc1C. The van der Waals surface area contributed by atoms with Crippen LogP contribution >= 0.6 is 0 Å². The molecule has 0 radical (unpaired) electrons. The van der Waals surface area contributed by atoms with E-state index in [2.05, 4.69) is 5.10 Å². The number of benzene rings is 1. The van der Waals surface area contributed by atoms with Crippen LogP contribution in [0.4, 0.5) is 0 Å². The predicted octanol–water partition coefficient (Wildman–Crippen LogP) is 3.85. The van der Waals surface area contributed by atoms with E-state index in [1.165, 1.54) is 0 Å². The molecule has 3 heterocycles. The number of rotatable bonds is 5. The molecule has 0 aliphatic carbocycles. The van der Waals surface area contributed by atoms with E-state index in [4.69, 9.17) is 14.7 Å². The number of hydrogen-bond acceptors (Lipinski definition) is 5. The van der Waals surface area contributed by atoms with Crippen molar-refractivity contribution in [2.45, 2.75) is 39.8 Å². The summed E-state index contributed by atoms with van der Waals surface area (Å²) in [4.78, 5) is 9.78. The highest BCUT2D eigenvalue weighted by atomic mass is 16.5. The third-order valence-corrected chi connectivity index (χ3v) is 5.35. The van der Waals surface area contributed by atoms with E-state index in [0.29, 0.717) is 5.75 Å². The van der Waals surface area contributed by atoms with Crippen LogP contribution in [-0.4, -0.2) is 42.6 Å². The fourth-order valence-electron chi connectivity index (χ4n) is 3.52. The molecule has 4 rings (SSSR count). The molecule has 3 aromatic heterocycles. The Balaban J connectivity index is 1.86. The summed E-state index contributed by atoms with van der Waals surface area (Å²) >= 11 is 0. The molecule has 0 saturated carbocycles. The number of aliphatic hydroxyl groups is 1. The first-order valence-corrected chi connectivity index (χ1v) is 9.63. The monoisotopic (exact) mass is 391 g/mol. The Morgan fingerprint density at radius 1 is 1.14 bits per heavy atom. The van der Waals surface area contributed by atoms with Gasteiger partial charge in [-0.1, -0.05) is 0 Å². The number of hydrogen-bond donors (Lipinski definition) is 1. The fourth-order valence-corrected chi connectivity index (χ4v) is 3.52. The number of fused-ring (bicyclic) bond motifs is 1. The van der Waals surface area contributed by atoms with Gasteiger partial charge in [0.25, 0.3) is 0 Å². The Morgan fingerprint density at radius 2 is 1.93 bits per heavy atom. The predicted molar refractivity (Wildman–Crippen MR) is 113 cm³/mol. The molecular formula is C22H25N5O2. The largest absolute Gasteiger partial charge is 0.496 e. The van der Waals surface area contributed by atoms with Gasteiger partial charge in [0.2, 0.25) is 0 Å². The van der Waals surface area contributed by atoms with Crippen molar-refractivity contribution in [3.05, 3.63) is 54.1 Å². The van der Waals surface area contributed by atoms with Crippen molar-refractivity contribution < 1.29 is 9.84 Å². The van der Waals surface area contributed by atoms with Crippen molar-refractivity contribution in [3.8, 4) is 22.7 Å². The second-order valence-corrected chi connectivity index (χ2v) is 7.37. The second kappa shape index (κ2) is 7.33. The average Bonchev–Trinajstić information content (AvgIpc) is 3.35. The molecule has 0 bridgehead atoms. The van der Waals surface area contributed by atoms with E-state index in [1.807, 2.05) is 62.0 Å². The van der Waals surface area contributed by atoms with E-state index in [9.17, 15) is 5.11 Å². The van der Waals surface area contributed by atoms with Crippen LogP contribution in [0.25, 0.3) is 28.1 Å². The summed E-state index contributed by atoms with van der Waals surface area (Å²) in [6.45, 7) is 7.72. The molecular weight excluding hydrogens is 366 g/mol. The standard InChI is InChI=1S/C22H25N5O2/c1-13-12-26(15(3)16(4)28)22-20(13)25-21(14(2)24-22)18-8-7-17(11-19(18)29-5)27-10-6-9-23-27/h6-12,15-16,28H,1-5H3/t15-,16+/m1/s1. The Bertz CT molecular complexity index is 1160. The number of aliphatic hydroxyl groups excluding tert-OH is 1. The smallest absolute Gasteiger partial charge is 0.159 e. The van der Waals surface area contributed by atoms with E-state index in [0.717, 1.165) is 39.4 Å². The van der Waals surface area contributed by atoms with Crippen molar-refractivity contribution in [2.75, 3.05) is 7.11 Å². The molecule has 0 spiro atoms. The number of aryl methyl sites for hydroxylation is 2. The molecule has 150 valence electrons. The molecule has 2 atom stereocenters. The lowest BCUT2D eigenvalue weighted by molar-refractivity contribution is 0.141. The van der Waals surface area contributed by atoms with Gasteiger partial charge in [-0.15, -0.1) is 0 Å². The van der Waals surface area contributed by atoms with Crippen LogP contribution in [0.2, 0.25) is 0 Å². The summed E-state index contributed by atoms with van der Waals surface area (Å²) in [6.07, 6.45) is 5.15. The fraction of sp³-hybridized carbons (Fsp3) is 0.318. The van der Waals surface area contributed by atoms with Gasteiger partial charge >= 0.3 is 0 Å². The summed E-state index contributed by atoms with van der Waals surface area (Å²) in [5, 5.41) is 14.3. The molecule has 1 aromatic carbocycles. The maximum Gasteiger partial charge on any atom is 0.159 e. The van der Waals surface area contributed by atoms with Gasteiger partial charge in [-0.25, -0.2) is 14.6 Å². The van der Waals surface area contributed by atoms with Crippen LogP contribution in [0.5, 0.6) is 5.75 Å². The lowest BCUT2D eigenvalue weighted by atomic mass is 10.1. The lowest BCUT2D eigenvalue weighted by Gasteiger charge is -2.18. The molecule has 0 amide bonds. The Kier molecular flexibility index (Phi) is 4.84. The minimum atomic E-state index is -0.485. The van der Waals surface area contributed by atoms with Crippen molar-refractivity contribution in [1.82, 2.24) is 24.3 Å². The maximum atomic E-state index is 10.0. The van der Waals surface area contributed by atoms with Gasteiger partial charge in [-0.2, -0.15) is 5.10 Å². The summed E-state index contributed by atoms with van der Waals surface area (Å²) in [5.41, 5.74) is 6.02. The van der Waals surface area contributed by atoms with Crippen molar-refractivity contribution in [3.63, 3.8) is 0 Å². The zero-order chi connectivity index (χ0) is 20.7. The highest BCUT2D eigenvalue weighted by molar-refractivity contribution is 5.81. The normalized spacial score (nSPS) is 13.6. The van der Waals surface area contributed by atoms with Crippen LogP contribution in [0.3, 0.4) is 0 Å². The van der Waals surface area contributed by atoms with Crippen LogP contribution < -0.4 is 4.74 Å². The highest BCUT2D eigenvalue weighted by Crippen LogP contribution is 2.34. The van der Waals surface area contributed by atoms with Crippen molar-refractivity contribution >= 4 is 11.2 Å². The summed E-state index contributed by atoms with van der Waals surface area (Å²) in [6, 6.07) is 7.72. The third-order valence-electron chi connectivity index (χ3n) is 5.35. The molecule has 0 saturated heterocycles. The topological polar surface area (TPSA) is 78.0 Å². The van der Waals surface area contributed by atoms with Crippen LogP contribution in [0.15, 0.2) is 42.9 Å². The molecule has 4 aromatic rings. The van der Waals surface area contributed by atoms with E-state index < -0.39 is 6.10 Å². The first kappa shape index (κ1) is 19.1. The average molecular weight is 391 g/mol. The molecule has 0 aliphatic heterocycles. The molecule has 0 fully saturated rings. The van der Waals surface area contributed by atoms with Gasteiger partial charge in [-0.3, -0.25) is 0 Å². The number of aromatic nitrogens is 5. The quantitative estimate of drug-likeness (QED) is 0.559. The van der Waals surface area contributed by atoms with Crippen LogP contribution in [0, 0.1) is 13.8 Å². The minimum absolute atomic E-state index is 0.0892. The zero-order valence-electron chi connectivity index (χ0n) is 17.3. The Morgan fingerprint density at radius 3 is 2.59 bits per heavy atom. The van der Waals surface area contributed by atoms with Crippen molar-refractivity contribution in [2.24, 2.45) is 0 Å². The summed E-state index contributed by atoms with van der Waals surface area (Å²) in [5.74, 6) is 0.712. The molecule has 0 unspecified atom stereocenters. The van der Waals surface area contributed by atoms with E-state index in [-0.39, 0.29) is 6.04 Å². The number of ether oxygens (including phenoxy) is 1. The molecule has 7 heteroatoms. The van der Waals surface area contributed by atoms with E-state index in [1.54, 1.807) is 24.9 Å². The van der Waals surface area contributed by atoms with Gasteiger partial charge in [0.05, 0.1) is 36.3 Å². The minimum Gasteiger partial charge on any atom is -0.496 e. The second-order valence-electron chi connectivity index (χ2n) is 7.37. The number of nitrogens with zero attached hydrogens (tertiary/aromatic N) is 5. The highest BCUT2D eigenvalue weighted by Gasteiger charge is 2.20. The zero-order valence-corrected chi connectivity index (χ0v) is 17.3. The molecule has 29 heavy (non-hydrogen) atoms. The molecule has 1 N–H and O–H groups in total. The van der Waals surface area contributed by atoms with Gasteiger partial charge in [0.15, 0.2) is 5.65 Å². The van der Waals surface area contributed by atoms with Crippen molar-refractivity contribution in [1.29, 1.82) is 0 Å². The lowest BCUT2D eigenvalue weighted by Crippen LogP contribution is -2.18. The third kappa shape index (κ3) is 3.27. The van der Waals surface area contributed by atoms with Gasteiger partial charge in [0, 0.05) is 30.2 Å². The maximum absolute atomic E-state index is 10.0. The number of methoxy groups -OCH3 is 1. The van der Waals surface area contributed by atoms with Gasteiger partial charge < -0.3 is 14.4 Å². The Hall–Kier alpha value is -3.19. The summed E-state index contributed by atoms with van der Waals surface area (Å²) in [7, 11) is 1.65. The summed E-state index contributed by atoms with van der Waals surface area (Å²) < 4.78 is 9.45. The van der Waals surface area contributed by atoms with Crippen LogP contribution in [0.1, 0.15) is 31.1 Å². The van der Waals surface area contributed by atoms with Gasteiger partial charge in [0.1, 0.15) is 11.3 Å². The van der Waals surface area contributed by atoms with E-state index >= 15 is 0 Å². The van der Waals surface area contributed by atoms with Crippen LogP contribution in [-0.2, 0) is 0 Å². The first-order valence-electron chi connectivity index (χ1n) is 9.63. The first-order chi connectivity index (χ1) is 13.9.